The van der Waals surface area contributed by atoms with Crippen molar-refractivity contribution in [3.63, 3.8) is 0 Å². The molecule has 0 aliphatic carbocycles. The average molecular weight is 421 g/mol. The zero-order chi connectivity index (χ0) is 8.59. The van der Waals surface area contributed by atoms with E-state index in [0.717, 1.165) is 5.56 Å². The summed E-state index contributed by atoms with van der Waals surface area (Å²) >= 11 is 3.01. The fraction of sp³-hybridized carbons (Fsp3) is 0. The zero-order valence-electron chi connectivity index (χ0n) is 6.88. The number of halogens is 2. The summed E-state index contributed by atoms with van der Waals surface area (Å²) in [7, 11) is 0. The molecule has 1 heterocycles. The van der Waals surface area contributed by atoms with E-state index in [1.54, 1.807) is 0 Å². The standard InChI is InChI=1S/C3HI2N3O3.K.H/c4-7-1(9)6-2(10)8(5)3(7)11;;/h(H,6,9,10);;/q;+1;-1. The predicted octanol–water partition coefficient (Wildman–Crippen LogP) is -3.79. The van der Waals surface area contributed by atoms with Gasteiger partial charge in [-0.25, -0.2) is 14.4 Å². The Labute approximate surface area is 138 Å². The Hall–Kier alpha value is 1.51. The molecule has 12 heavy (non-hydrogen) atoms. The van der Waals surface area contributed by atoms with Gasteiger partial charge < -0.3 is 1.43 Å². The largest absolute Gasteiger partial charge is 1.00 e. The monoisotopic (exact) mass is 421 g/mol. The van der Waals surface area contributed by atoms with Gasteiger partial charge in [0, 0.05) is 0 Å². The number of hydrogen-bond acceptors (Lipinski definition) is 3. The van der Waals surface area contributed by atoms with Gasteiger partial charge in [0.25, 0.3) is 0 Å². The molecule has 9 heteroatoms. The number of aromatic amines is 1. The SMILES string of the molecule is O=c1[nH]c(=O)n(I)c(=O)n1I.[H-].[K+]. The van der Waals surface area contributed by atoms with Gasteiger partial charge in [-0.05, 0) is 0 Å². The van der Waals surface area contributed by atoms with Crippen molar-refractivity contribution in [2.75, 3.05) is 0 Å². The van der Waals surface area contributed by atoms with Crippen LogP contribution in [0.15, 0.2) is 14.4 Å². The first-order valence-electron chi connectivity index (χ1n) is 2.34. The molecule has 0 aliphatic rings. The first-order chi connectivity index (χ1) is 5.04. The van der Waals surface area contributed by atoms with Gasteiger partial charge in [0.2, 0.25) is 0 Å². The first-order valence-corrected chi connectivity index (χ1v) is 4.27. The maximum absolute atomic E-state index is 10.9. The van der Waals surface area contributed by atoms with Crippen LogP contribution in [0.3, 0.4) is 0 Å². The van der Waals surface area contributed by atoms with E-state index in [4.69, 9.17) is 0 Å². The minimum absolute atomic E-state index is 0. The molecule has 0 bridgehead atoms. The molecule has 6 nitrogen and oxygen atoms in total. The molecule has 0 aromatic carbocycles. The maximum atomic E-state index is 10.9. The molecule has 0 radical (unpaired) electrons. The van der Waals surface area contributed by atoms with E-state index in [1.165, 1.54) is 45.7 Å². The van der Waals surface area contributed by atoms with Crippen molar-refractivity contribution in [1.82, 2.24) is 10.5 Å². The number of aromatic nitrogens is 3. The number of nitrogens with one attached hydrogen (secondary N) is 1. The first kappa shape index (κ1) is 13.5. The Morgan fingerprint density at radius 3 is 1.75 bits per heavy atom. The van der Waals surface area contributed by atoms with Crippen molar-refractivity contribution < 1.29 is 52.8 Å². The number of hydrogen-bond donors (Lipinski definition) is 1. The zero-order valence-corrected chi connectivity index (χ0v) is 13.3. The van der Waals surface area contributed by atoms with Crippen LogP contribution >= 0.6 is 45.7 Å². The molecular formula is C3H2I2KN3O3. The number of H-pyrrole nitrogens is 1. The molecule has 1 N–H and O–H groups in total. The van der Waals surface area contributed by atoms with Crippen LogP contribution in [0.5, 0.6) is 0 Å². The van der Waals surface area contributed by atoms with E-state index in [2.05, 4.69) is 0 Å². The second-order valence-corrected chi connectivity index (χ2v) is 3.51. The molecule has 1 aromatic heterocycles. The fourth-order valence-electron chi connectivity index (χ4n) is 0.440. The molecule has 0 unspecified atom stereocenters. The van der Waals surface area contributed by atoms with E-state index in [9.17, 15) is 14.4 Å². The van der Waals surface area contributed by atoms with E-state index >= 15 is 0 Å². The van der Waals surface area contributed by atoms with Crippen LogP contribution in [-0.2, 0) is 0 Å². The predicted molar refractivity (Wildman–Crippen MR) is 55.5 cm³/mol. The second-order valence-electron chi connectivity index (χ2n) is 1.58. The Morgan fingerprint density at radius 1 is 1.08 bits per heavy atom. The van der Waals surface area contributed by atoms with Gasteiger partial charge in [0.05, 0.1) is 45.7 Å². The minimum Gasteiger partial charge on any atom is -1.00 e. The van der Waals surface area contributed by atoms with E-state index in [1.807, 2.05) is 4.98 Å². The Bertz CT molecular complexity index is 413. The Morgan fingerprint density at radius 2 is 1.42 bits per heavy atom. The van der Waals surface area contributed by atoms with Crippen molar-refractivity contribution in [3.8, 4) is 0 Å². The number of nitrogens with zero attached hydrogens (tertiary/aromatic N) is 2. The van der Waals surface area contributed by atoms with Gasteiger partial charge in [-0.15, -0.1) is 0 Å². The van der Waals surface area contributed by atoms with Crippen LogP contribution in [0.2, 0.25) is 0 Å². The Kier molecular flexibility index (Phi) is 6.08. The van der Waals surface area contributed by atoms with Gasteiger partial charge in [-0.1, -0.05) is 0 Å². The van der Waals surface area contributed by atoms with Gasteiger partial charge in [-0.3, -0.25) is 4.98 Å². The van der Waals surface area contributed by atoms with E-state index in [0.29, 0.717) is 0 Å². The summed E-state index contributed by atoms with van der Waals surface area (Å²) in [4.78, 5) is 34.2. The molecule has 1 rings (SSSR count). The van der Waals surface area contributed by atoms with Crippen molar-refractivity contribution in [3.05, 3.63) is 31.5 Å². The topological polar surface area (TPSA) is 76.9 Å². The van der Waals surface area contributed by atoms with Crippen LogP contribution in [-0.4, -0.2) is 10.5 Å². The number of rotatable bonds is 0. The molecule has 0 saturated heterocycles. The summed E-state index contributed by atoms with van der Waals surface area (Å²) in [5.74, 6) is 0. The summed E-state index contributed by atoms with van der Waals surface area (Å²) in [5, 5.41) is 0. The molecule has 0 spiro atoms. The van der Waals surface area contributed by atoms with Crippen molar-refractivity contribution in [2.24, 2.45) is 0 Å². The summed E-state index contributed by atoms with van der Waals surface area (Å²) < 4.78 is 1.57. The van der Waals surface area contributed by atoms with Gasteiger partial charge >= 0.3 is 68.5 Å². The molecule has 0 aliphatic heterocycles. The third kappa shape index (κ3) is 2.75. The molecule has 0 amide bonds. The third-order valence-corrected chi connectivity index (χ3v) is 2.61. The van der Waals surface area contributed by atoms with Crippen molar-refractivity contribution in [1.29, 1.82) is 0 Å². The summed E-state index contributed by atoms with van der Waals surface area (Å²) in [6.45, 7) is 0. The van der Waals surface area contributed by atoms with Crippen LogP contribution < -0.4 is 68.5 Å². The van der Waals surface area contributed by atoms with Gasteiger partial charge in [0.1, 0.15) is 0 Å². The Balaban J connectivity index is 0. The molecule has 0 fully saturated rings. The molecule has 1 aromatic rings. The van der Waals surface area contributed by atoms with Crippen LogP contribution in [0.25, 0.3) is 0 Å². The average Bonchev–Trinajstić information content (AvgIpc) is 1.97. The maximum Gasteiger partial charge on any atom is 1.00 e. The molecular weight excluding hydrogens is 419 g/mol. The quantitative estimate of drug-likeness (QED) is 0.345. The van der Waals surface area contributed by atoms with Crippen molar-refractivity contribution >= 4 is 45.7 Å². The van der Waals surface area contributed by atoms with Crippen molar-refractivity contribution in [2.45, 2.75) is 0 Å². The minimum atomic E-state index is -0.714. The van der Waals surface area contributed by atoms with Crippen LogP contribution in [0, 0.1) is 0 Å². The van der Waals surface area contributed by atoms with Crippen LogP contribution in [0.1, 0.15) is 1.43 Å². The molecule has 62 valence electrons. The second kappa shape index (κ2) is 5.40. The van der Waals surface area contributed by atoms with E-state index in [-0.39, 0.29) is 52.8 Å². The molecule has 0 atom stereocenters. The third-order valence-electron chi connectivity index (χ3n) is 0.906. The van der Waals surface area contributed by atoms with Gasteiger partial charge in [0.15, 0.2) is 0 Å². The van der Waals surface area contributed by atoms with E-state index < -0.39 is 17.1 Å². The summed E-state index contributed by atoms with van der Waals surface area (Å²) in [6.07, 6.45) is 0. The smallest absolute Gasteiger partial charge is 1.00 e. The molecule has 0 saturated carbocycles. The van der Waals surface area contributed by atoms with Gasteiger partial charge in [-0.2, -0.15) is 5.56 Å². The normalized spacial score (nSPS) is 9.17. The summed E-state index contributed by atoms with van der Waals surface area (Å²) in [6, 6.07) is 0. The van der Waals surface area contributed by atoms with Crippen LogP contribution in [0.4, 0.5) is 0 Å². The summed E-state index contributed by atoms with van der Waals surface area (Å²) in [5.41, 5.74) is -2.08. The fourth-order valence-corrected chi connectivity index (χ4v) is 1.53.